The van der Waals surface area contributed by atoms with Crippen LogP contribution in [0.3, 0.4) is 0 Å². The van der Waals surface area contributed by atoms with Crippen LogP contribution in [0.2, 0.25) is 0 Å². The number of ether oxygens (including phenoxy) is 2. The average molecular weight is 340 g/mol. The Morgan fingerprint density at radius 2 is 2.08 bits per heavy atom. The molecule has 1 saturated heterocycles. The zero-order chi connectivity index (χ0) is 17.3. The maximum absolute atomic E-state index is 6.13. The van der Waals surface area contributed by atoms with Crippen LogP contribution >= 0.6 is 0 Å². The van der Waals surface area contributed by atoms with Crippen LogP contribution in [0.15, 0.2) is 36.7 Å². The molecule has 0 N–H and O–H groups in total. The van der Waals surface area contributed by atoms with Crippen molar-refractivity contribution in [2.75, 3.05) is 18.6 Å². The number of aromatic nitrogens is 3. The Labute approximate surface area is 148 Å². The molecule has 3 atom stereocenters. The van der Waals surface area contributed by atoms with Crippen LogP contribution < -0.4 is 9.64 Å². The zero-order valence-electron chi connectivity index (χ0n) is 14.8. The van der Waals surface area contributed by atoms with E-state index < -0.39 is 0 Å². The van der Waals surface area contributed by atoms with E-state index in [0.717, 1.165) is 43.9 Å². The number of methoxy groups -OCH3 is 1. The lowest BCUT2D eigenvalue weighted by Gasteiger charge is -2.43. The van der Waals surface area contributed by atoms with Crippen LogP contribution in [-0.4, -0.2) is 46.4 Å². The van der Waals surface area contributed by atoms with E-state index in [1.165, 1.54) is 0 Å². The molecule has 2 fully saturated rings. The Kier molecular flexibility index (Phi) is 4.29. The molecule has 6 heteroatoms. The largest absolute Gasteiger partial charge is 0.474 e. The molecule has 4 rings (SSSR count). The summed E-state index contributed by atoms with van der Waals surface area (Å²) < 4.78 is 12.2. The van der Waals surface area contributed by atoms with E-state index in [0.29, 0.717) is 5.88 Å². The van der Waals surface area contributed by atoms with E-state index in [1.807, 2.05) is 44.5 Å². The number of hydrogen-bond acceptors (Lipinski definition) is 6. The lowest BCUT2D eigenvalue weighted by Crippen LogP contribution is -2.52. The normalized spacial score (nSPS) is 28.6. The van der Waals surface area contributed by atoms with Crippen molar-refractivity contribution in [3.8, 4) is 5.88 Å². The van der Waals surface area contributed by atoms with Crippen molar-refractivity contribution < 1.29 is 9.47 Å². The van der Waals surface area contributed by atoms with Crippen molar-refractivity contribution in [3.05, 3.63) is 42.5 Å². The summed E-state index contributed by atoms with van der Waals surface area (Å²) in [5.41, 5.74) is -0.108. The second-order valence-electron chi connectivity index (χ2n) is 6.87. The number of pyridine rings is 1. The first-order chi connectivity index (χ1) is 12.2. The van der Waals surface area contributed by atoms with E-state index in [9.17, 15) is 0 Å². The predicted octanol–water partition coefficient (Wildman–Crippen LogP) is 2.78. The molecule has 0 bridgehead atoms. The third kappa shape index (κ3) is 3.06. The number of rotatable bonds is 4. The Morgan fingerprint density at radius 1 is 1.16 bits per heavy atom. The smallest absolute Gasteiger partial charge is 0.213 e. The number of nitrogens with zero attached hydrogens (tertiary/aromatic N) is 4. The summed E-state index contributed by atoms with van der Waals surface area (Å²) in [6.07, 6.45) is 7.65. The molecule has 132 valence electrons. The summed E-state index contributed by atoms with van der Waals surface area (Å²) >= 11 is 0. The van der Waals surface area contributed by atoms with Crippen LogP contribution in [0.4, 0.5) is 5.82 Å². The molecule has 3 heterocycles. The molecule has 2 aliphatic rings. The van der Waals surface area contributed by atoms with Gasteiger partial charge in [0, 0.05) is 38.5 Å². The van der Waals surface area contributed by atoms with E-state index >= 15 is 0 Å². The van der Waals surface area contributed by atoms with Gasteiger partial charge in [0.05, 0.1) is 11.6 Å². The van der Waals surface area contributed by atoms with Crippen molar-refractivity contribution in [3.63, 3.8) is 0 Å². The van der Waals surface area contributed by atoms with Crippen LogP contribution in [0.25, 0.3) is 0 Å². The van der Waals surface area contributed by atoms with Gasteiger partial charge in [0.15, 0.2) is 0 Å². The SMILES string of the molecule is CO[C@@]12CC[C@@H](Oc3ccccn3)C[C@@H]1N(c1ccnc(C)n1)CC2. The molecule has 0 spiro atoms. The lowest BCUT2D eigenvalue weighted by atomic mass is 9.79. The lowest BCUT2D eigenvalue weighted by molar-refractivity contribution is -0.0607. The molecule has 6 nitrogen and oxygen atoms in total. The van der Waals surface area contributed by atoms with Gasteiger partial charge in [-0.3, -0.25) is 0 Å². The van der Waals surface area contributed by atoms with Gasteiger partial charge in [-0.05, 0) is 38.3 Å². The first-order valence-corrected chi connectivity index (χ1v) is 8.89. The standard InChI is InChI=1S/C19H24N4O2/c1-14-20-11-7-17(22-14)23-12-9-19(24-2)8-6-15(13-16(19)23)25-18-5-3-4-10-21-18/h3-5,7,10-11,15-16H,6,8-9,12-13H2,1-2H3/t15-,16+,19-/m1/s1. The number of anilines is 1. The van der Waals surface area contributed by atoms with E-state index in [4.69, 9.17) is 9.47 Å². The van der Waals surface area contributed by atoms with Gasteiger partial charge in [-0.2, -0.15) is 0 Å². The van der Waals surface area contributed by atoms with Gasteiger partial charge in [-0.1, -0.05) is 6.07 Å². The van der Waals surface area contributed by atoms with Gasteiger partial charge < -0.3 is 14.4 Å². The third-order valence-electron chi connectivity index (χ3n) is 5.52. The fraction of sp³-hybridized carbons (Fsp3) is 0.526. The highest BCUT2D eigenvalue weighted by Crippen LogP contribution is 2.44. The van der Waals surface area contributed by atoms with Crippen molar-refractivity contribution in [2.24, 2.45) is 0 Å². The van der Waals surface area contributed by atoms with Crippen molar-refractivity contribution in [2.45, 2.75) is 50.4 Å². The van der Waals surface area contributed by atoms with Gasteiger partial charge >= 0.3 is 0 Å². The molecule has 0 radical (unpaired) electrons. The summed E-state index contributed by atoms with van der Waals surface area (Å²) in [6, 6.07) is 8.02. The van der Waals surface area contributed by atoms with Crippen LogP contribution in [0.1, 0.15) is 31.5 Å². The molecule has 0 aromatic carbocycles. The molecule has 25 heavy (non-hydrogen) atoms. The van der Waals surface area contributed by atoms with Gasteiger partial charge in [0.25, 0.3) is 0 Å². The first-order valence-electron chi connectivity index (χ1n) is 8.89. The molecule has 2 aromatic rings. The van der Waals surface area contributed by atoms with E-state index in [2.05, 4.69) is 19.9 Å². The molecule has 0 amide bonds. The maximum atomic E-state index is 6.13. The van der Waals surface area contributed by atoms with E-state index in [1.54, 1.807) is 6.20 Å². The molecule has 2 aromatic heterocycles. The predicted molar refractivity (Wildman–Crippen MR) is 94.8 cm³/mol. The molecule has 0 unspecified atom stereocenters. The van der Waals surface area contributed by atoms with E-state index in [-0.39, 0.29) is 17.7 Å². The highest BCUT2D eigenvalue weighted by molar-refractivity contribution is 5.43. The van der Waals surface area contributed by atoms with Gasteiger partial charge in [0.1, 0.15) is 17.7 Å². The Balaban J connectivity index is 1.56. The molecule has 1 saturated carbocycles. The monoisotopic (exact) mass is 340 g/mol. The topological polar surface area (TPSA) is 60.4 Å². The van der Waals surface area contributed by atoms with Crippen LogP contribution in [-0.2, 0) is 4.74 Å². The molecule has 1 aliphatic heterocycles. The number of fused-ring (bicyclic) bond motifs is 1. The number of hydrogen-bond donors (Lipinski definition) is 0. The maximum Gasteiger partial charge on any atom is 0.213 e. The summed E-state index contributed by atoms with van der Waals surface area (Å²) in [7, 11) is 1.83. The molecular weight excluding hydrogens is 316 g/mol. The average Bonchev–Trinajstić information content (AvgIpc) is 3.02. The van der Waals surface area contributed by atoms with Crippen molar-refractivity contribution in [1.82, 2.24) is 15.0 Å². The van der Waals surface area contributed by atoms with Crippen LogP contribution in [0.5, 0.6) is 5.88 Å². The summed E-state index contributed by atoms with van der Waals surface area (Å²) in [5, 5.41) is 0. The Hall–Kier alpha value is -2.21. The van der Waals surface area contributed by atoms with Crippen molar-refractivity contribution in [1.29, 1.82) is 0 Å². The minimum Gasteiger partial charge on any atom is -0.474 e. The quantitative estimate of drug-likeness (QED) is 0.853. The summed E-state index contributed by atoms with van der Waals surface area (Å²) in [4.78, 5) is 15.5. The minimum atomic E-state index is -0.108. The minimum absolute atomic E-state index is 0.108. The number of aryl methyl sites for hydroxylation is 1. The fourth-order valence-corrected chi connectivity index (χ4v) is 4.23. The summed E-state index contributed by atoms with van der Waals surface area (Å²) in [6.45, 7) is 2.88. The van der Waals surface area contributed by atoms with Crippen LogP contribution in [0, 0.1) is 6.92 Å². The highest BCUT2D eigenvalue weighted by atomic mass is 16.5. The van der Waals surface area contributed by atoms with Gasteiger partial charge in [0.2, 0.25) is 5.88 Å². The zero-order valence-corrected chi connectivity index (χ0v) is 14.8. The molecular formula is C19H24N4O2. The fourth-order valence-electron chi connectivity index (χ4n) is 4.23. The second kappa shape index (κ2) is 6.59. The Morgan fingerprint density at radius 3 is 2.84 bits per heavy atom. The third-order valence-corrected chi connectivity index (χ3v) is 5.52. The second-order valence-corrected chi connectivity index (χ2v) is 6.87. The Bertz CT molecular complexity index is 726. The van der Waals surface area contributed by atoms with Gasteiger partial charge in [-0.15, -0.1) is 0 Å². The summed E-state index contributed by atoms with van der Waals surface area (Å²) in [5.74, 6) is 2.47. The highest BCUT2D eigenvalue weighted by Gasteiger charge is 2.52. The van der Waals surface area contributed by atoms with Crippen molar-refractivity contribution >= 4 is 5.82 Å². The first kappa shape index (κ1) is 16.3. The van der Waals surface area contributed by atoms with Gasteiger partial charge in [-0.25, -0.2) is 15.0 Å². The molecule has 1 aliphatic carbocycles.